The molecule has 0 unspecified atom stereocenters. The molecular weight excluding hydrogens is 408 g/mol. The molecule has 1 atom stereocenters. The van der Waals surface area contributed by atoms with Crippen LogP contribution in [0, 0.1) is 11.3 Å². The number of amides is 1. The third kappa shape index (κ3) is 2.87. The van der Waals surface area contributed by atoms with E-state index < -0.39 is 0 Å². The molecule has 5 rings (SSSR count). The van der Waals surface area contributed by atoms with Crippen molar-refractivity contribution < 1.29 is 4.79 Å². The third-order valence-electron chi connectivity index (χ3n) is 4.81. The third-order valence-corrected chi connectivity index (χ3v) is 6.15. The molecule has 1 aromatic carbocycles. The Morgan fingerprint density at radius 1 is 1.28 bits per heavy atom. The van der Waals surface area contributed by atoms with E-state index in [0.29, 0.717) is 28.4 Å². The molecule has 1 amide bonds. The fourth-order valence-corrected chi connectivity index (χ4v) is 4.73. The summed E-state index contributed by atoms with van der Waals surface area (Å²) in [4.78, 5) is 26.0. The van der Waals surface area contributed by atoms with Crippen LogP contribution in [-0.2, 0) is 0 Å². The van der Waals surface area contributed by atoms with Crippen LogP contribution in [0.15, 0.2) is 30.5 Å². The van der Waals surface area contributed by atoms with Crippen LogP contribution in [0.5, 0.6) is 0 Å². The Balaban J connectivity index is 1.74. The second kappa shape index (κ2) is 6.65. The molecule has 1 aliphatic rings. The highest BCUT2D eigenvalue weighted by atomic mass is 35.5. The summed E-state index contributed by atoms with van der Waals surface area (Å²) < 4.78 is 1.01. The van der Waals surface area contributed by atoms with Crippen molar-refractivity contribution >= 4 is 55.5 Å². The van der Waals surface area contributed by atoms with E-state index in [1.807, 2.05) is 31.2 Å². The van der Waals surface area contributed by atoms with Gasteiger partial charge in [-0.3, -0.25) is 4.79 Å². The molecule has 0 bridgehead atoms. The van der Waals surface area contributed by atoms with Crippen molar-refractivity contribution in [3.05, 3.63) is 46.2 Å². The maximum atomic E-state index is 12.5. The predicted molar refractivity (Wildman–Crippen MR) is 113 cm³/mol. The van der Waals surface area contributed by atoms with Crippen LogP contribution in [0.2, 0.25) is 5.28 Å². The lowest BCUT2D eigenvalue weighted by Gasteiger charge is -2.10. The first kappa shape index (κ1) is 17.8. The van der Waals surface area contributed by atoms with Crippen LogP contribution in [0.4, 0.5) is 5.69 Å². The molecule has 142 valence electrons. The fourth-order valence-electron chi connectivity index (χ4n) is 3.49. The number of rotatable bonds is 1. The summed E-state index contributed by atoms with van der Waals surface area (Å²) in [5.41, 5.74) is 2.82. The summed E-state index contributed by atoms with van der Waals surface area (Å²) in [6.07, 6.45) is 1.39. The van der Waals surface area contributed by atoms with Gasteiger partial charge in [0.1, 0.15) is 16.6 Å². The summed E-state index contributed by atoms with van der Waals surface area (Å²) >= 11 is 7.38. The Kier molecular flexibility index (Phi) is 4.08. The molecule has 0 aliphatic carbocycles. The van der Waals surface area contributed by atoms with E-state index in [-0.39, 0.29) is 17.2 Å². The molecule has 1 aliphatic heterocycles. The molecule has 7 nitrogen and oxygen atoms in total. The summed E-state index contributed by atoms with van der Waals surface area (Å²) in [6, 6.07) is 9.74. The van der Waals surface area contributed by atoms with Crippen molar-refractivity contribution in [1.82, 2.24) is 20.3 Å². The van der Waals surface area contributed by atoms with Gasteiger partial charge in [-0.25, -0.2) is 15.0 Å². The van der Waals surface area contributed by atoms with E-state index in [2.05, 4.69) is 26.7 Å². The second-order valence-electron chi connectivity index (χ2n) is 6.78. The van der Waals surface area contributed by atoms with E-state index in [4.69, 9.17) is 16.6 Å². The Labute approximate surface area is 174 Å². The highest BCUT2D eigenvalue weighted by Crippen LogP contribution is 2.41. The van der Waals surface area contributed by atoms with Crippen LogP contribution in [-0.4, -0.2) is 33.4 Å². The van der Waals surface area contributed by atoms with Crippen LogP contribution in [0.25, 0.3) is 32.4 Å². The first-order valence-corrected chi connectivity index (χ1v) is 10.1. The molecule has 4 heterocycles. The Morgan fingerprint density at radius 2 is 2.14 bits per heavy atom. The quantitative estimate of drug-likeness (QED) is 0.451. The minimum Gasteiger partial charge on any atom is -0.381 e. The van der Waals surface area contributed by atoms with Crippen LogP contribution in [0.1, 0.15) is 22.2 Å². The van der Waals surface area contributed by atoms with E-state index in [1.54, 1.807) is 0 Å². The highest BCUT2D eigenvalue weighted by molar-refractivity contribution is 7.21. The summed E-state index contributed by atoms with van der Waals surface area (Å²) in [7, 11) is 0. The minimum absolute atomic E-state index is 0.0452. The first-order valence-electron chi connectivity index (χ1n) is 8.89. The van der Waals surface area contributed by atoms with Crippen molar-refractivity contribution in [1.29, 1.82) is 5.26 Å². The number of carbonyl (C=O) groups excluding carboxylic acids is 1. The van der Waals surface area contributed by atoms with E-state index in [1.165, 1.54) is 17.5 Å². The molecular formula is C20H13ClN6OS. The standard InChI is InChI=1S/C20H13ClN6OS/c1-9-7-23-17-15-11-2-3-13(16-10(6-22)8-24-20(21)27-16)26-12(11)4-5-14(15)29-18(17)19(28)25-9/h2-5,8-9,23H,7H2,1H3,(H,25,28)/t9-/m1/s1. The van der Waals surface area contributed by atoms with Gasteiger partial charge < -0.3 is 10.6 Å². The maximum absolute atomic E-state index is 12.5. The SMILES string of the molecule is C[C@@H]1CNc2c(sc3ccc4nc(-c5nc(Cl)ncc5C#N)ccc4c23)C(=O)N1. The molecule has 3 aromatic heterocycles. The second-order valence-corrected chi connectivity index (χ2v) is 8.17. The number of hydrogen-bond acceptors (Lipinski definition) is 7. The van der Waals surface area contributed by atoms with Gasteiger partial charge in [-0.2, -0.15) is 5.26 Å². The van der Waals surface area contributed by atoms with Gasteiger partial charge in [-0.05, 0) is 42.8 Å². The Morgan fingerprint density at radius 3 is 2.97 bits per heavy atom. The van der Waals surface area contributed by atoms with Crippen molar-refractivity contribution in [2.24, 2.45) is 0 Å². The van der Waals surface area contributed by atoms with Gasteiger partial charge in [0.25, 0.3) is 5.91 Å². The van der Waals surface area contributed by atoms with Crippen LogP contribution < -0.4 is 10.6 Å². The maximum Gasteiger partial charge on any atom is 0.263 e. The zero-order valence-corrected chi connectivity index (χ0v) is 16.7. The molecule has 0 radical (unpaired) electrons. The van der Waals surface area contributed by atoms with Crippen molar-refractivity contribution in [2.45, 2.75) is 13.0 Å². The monoisotopic (exact) mass is 420 g/mol. The predicted octanol–water partition coefficient (Wildman–Crippen LogP) is 3.98. The molecule has 9 heteroatoms. The van der Waals surface area contributed by atoms with Crippen LogP contribution in [0.3, 0.4) is 0 Å². The molecule has 0 spiro atoms. The zero-order chi connectivity index (χ0) is 20.1. The molecule has 0 saturated heterocycles. The van der Waals surface area contributed by atoms with Crippen LogP contribution >= 0.6 is 22.9 Å². The van der Waals surface area contributed by atoms with Gasteiger partial charge >= 0.3 is 0 Å². The summed E-state index contributed by atoms with van der Waals surface area (Å²) in [5.74, 6) is -0.0641. The molecule has 0 fully saturated rings. The lowest BCUT2D eigenvalue weighted by molar-refractivity contribution is 0.0949. The van der Waals surface area contributed by atoms with E-state index >= 15 is 0 Å². The number of aromatic nitrogens is 3. The van der Waals surface area contributed by atoms with Gasteiger partial charge in [-0.1, -0.05) is 0 Å². The number of anilines is 1. The molecule has 29 heavy (non-hydrogen) atoms. The molecule has 2 N–H and O–H groups in total. The van der Waals surface area contributed by atoms with Crippen molar-refractivity contribution in [2.75, 3.05) is 11.9 Å². The number of nitrogens with zero attached hydrogens (tertiary/aromatic N) is 4. The number of benzene rings is 1. The number of nitrogens with one attached hydrogen (secondary N) is 2. The Bertz CT molecular complexity index is 1360. The smallest absolute Gasteiger partial charge is 0.263 e. The van der Waals surface area contributed by atoms with Crippen molar-refractivity contribution in [3.63, 3.8) is 0 Å². The average molecular weight is 421 g/mol. The van der Waals surface area contributed by atoms with Gasteiger partial charge in [0, 0.05) is 28.1 Å². The lowest BCUT2D eigenvalue weighted by atomic mass is 10.1. The first-order chi connectivity index (χ1) is 14.0. The highest BCUT2D eigenvalue weighted by Gasteiger charge is 2.25. The summed E-state index contributed by atoms with van der Waals surface area (Å²) in [6.45, 7) is 2.62. The number of nitriles is 1. The van der Waals surface area contributed by atoms with E-state index in [0.717, 1.165) is 26.7 Å². The number of hydrogen-bond donors (Lipinski definition) is 2. The molecule has 0 saturated carbocycles. The number of fused-ring (bicyclic) bond motifs is 5. The topological polar surface area (TPSA) is 104 Å². The zero-order valence-electron chi connectivity index (χ0n) is 15.2. The molecule has 4 aromatic rings. The number of thiophene rings is 1. The summed E-state index contributed by atoms with van der Waals surface area (Å²) in [5, 5.41) is 17.7. The van der Waals surface area contributed by atoms with Gasteiger partial charge in [0.05, 0.1) is 28.7 Å². The van der Waals surface area contributed by atoms with Gasteiger partial charge in [0.15, 0.2) is 0 Å². The fraction of sp³-hybridized carbons (Fsp3) is 0.150. The Hall–Kier alpha value is -3.28. The van der Waals surface area contributed by atoms with Gasteiger partial charge in [0.2, 0.25) is 5.28 Å². The van der Waals surface area contributed by atoms with Gasteiger partial charge in [-0.15, -0.1) is 11.3 Å². The number of carbonyl (C=O) groups is 1. The number of halogens is 1. The van der Waals surface area contributed by atoms with Crippen molar-refractivity contribution in [3.8, 4) is 17.5 Å². The average Bonchev–Trinajstić information content (AvgIpc) is 3.04. The minimum atomic E-state index is -0.0641. The largest absolute Gasteiger partial charge is 0.381 e. The normalized spacial score (nSPS) is 16.0. The number of pyridine rings is 1. The van der Waals surface area contributed by atoms with E-state index in [9.17, 15) is 10.1 Å². The lowest BCUT2D eigenvalue weighted by Crippen LogP contribution is -2.34.